The number of carbonyl (C=O) groups is 2. The Balaban J connectivity index is 1.63. The number of hydrogen-bond donors (Lipinski definition) is 2. The summed E-state index contributed by atoms with van der Waals surface area (Å²) in [5, 5.41) is 4.99. The van der Waals surface area contributed by atoms with E-state index in [4.69, 9.17) is 4.74 Å². The molecular weight excluding hydrogens is 289 g/mol. The van der Waals surface area contributed by atoms with Crippen LogP contribution in [-0.2, 0) is 14.3 Å². The van der Waals surface area contributed by atoms with Gasteiger partial charge >= 0.3 is 11.8 Å². The predicted octanol–water partition coefficient (Wildman–Crippen LogP) is 0.603. The number of hydrogen-bond acceptors (Lipinski definition) is 4. The Labute approximate surface area is 128 Å². The molecule has 1 aliphatic heterocycles. The molecule has 120 valence electrons. The van der Waals surface area contributed by atoms with Gasteiger partial charge in [0.15, 0.2) is 0 Å². The fourth-order valence-corrected chi connectivity index (χ4v) is 2.13. The van der Waals surface area contributed by atoms with Crippen molar-refractivity contribution in [2.24, 2.45) is 0 Å². The van der Waals surface area contributed by atoms with E-state index in [-0.39, 0.29) is 0 Å². The summed E-state index contributed by atoms with van der Waals surface area (Å²) in [6, 6.07) is 5.24. The monoisotopic (exact) mass is 309 g/mol. The summed E-state index contributed by atoms with van der Waals surface area (Å²) in [6.45, 7) is 4.59. The van der Waals surface area contributed by atoms with Crippen molar-refractivity contribution in [2.45, 2.75) is 6.42 Å². The number of ether oxygens (including phenoxy) is 1. The molecule has 1 aliphatic rings. The Hall–Kier alpha value is -1.99. The van der Waals surface area contributed by atoms with E-state index in [1.807, 2.05) is 0 Å². The molecule has 2 amide bonds. The Bertz CT molecular complexity index is 501. The maximum absolute atomic E-state index is 12.7. The van der Waals surface area contributed by atoms with Crippen molar-refractivity contribution >= 4 is 17.5 Å². The highest BCUT2D eigenvalue weighted by molar-refractivity contribution is 6.39. The van der Waals surface area contributed by atoms with Gasteiger partial charge in [-0.3, -0.25) is 14.5 Å². The molecule has 2 rings (SSSR count). The van der Waals surface area contributed by atoms with Gasteiger partial charge in [-0.25, -0.2) is 4.39 Å². The van der Waals surface area contributed by atoms with Gasteiger partial charge in [0, 0.05) is 25.3 Å². The molecule has 0 aromatic heterocycles. The van der Waals surface area contributed by atoms with Crippen LogP contribution in [0.25, 0.3) is 0 Å². The van der Waals surface area contributed by atoms with E-state index in [2.05, 4.69) is 15.5 Å². The largest absolute Gasteiger partial charge is 0.379 e. The maximum atomic E-state index is 12.7. The average molecular weight is 309 g/mol. The van der Waals surface area contributed by atoms with Gasteiger partial charge in [0.25, 0.3) is 0 Å². The minimum atomic E-state index is -0.752. The van der Waals surface area contributed by atoms with Gasteiger partial charge in [0.2, 0.25) is 0 Å². The number of nitrogens with zero attached hydrogens (tertiary/aromatic N) is 1. The molecule has 1 aromatic carbocycles. The van der Waals surface area contributed by atoms with Crippen molar-refractivity contribution in [1.82, 2.24) is 10.2 Å². The van der Waals surface area contributed by atoms with Crippen molar-refractivity contribution in [3.05, 3.63) is 30.1 Å². The van der Waals surface area contributed by atoms with E-state index in [1.165, 1.54) is 24.3 Å². The lowest BCUT2D eigenvalue weighted by molar-refractivity contribution is -0.136. The summed E-state index contributed by atoms with van der Waals surface area (Å²) in [4.78, 5) is 25.5. The summed E-state index contributed by atoms with van der Waals surface area (Å²) < 4.78 is 18.0. The molecule has 0 radical (unpaired) electrons. The molecule has 0 spiro atoms. The number of carbonyl (C=O) groups excluding carboxylic acids is 2. The van der Waals surface area contributed by atoms with Gasteiger partial charge in [-0.15, -0.1) is 0 Å². The van der Waals surface area contributed by atoms with Crippen LogP contribution in [-0.4, -0.2) is 56.1 Å². The third-order valence-electron chi connectivity index (χ3n) is 3.35. The Morgan fingerprint density at radius 1 is 1.14 bits per heavy atom. The quantitative estimate of drug-likeness (QED) is 0.617. The van der Waals surface area contributed by atoms with Crippen molar-refractivity contribution in [1.29, 1.82) is 0 Å². The number of benzene rings is 1. The SMILES string of the molecule is O=C(NCCCN1CCOCC1)C(=O)Nc1ccc(F)cc1. The highest BCUT2D eigenvalue weighted by Crippen LogP contribution is 2.07. The highest BCUT2D eigenvalue weighted by Gasteiger charge is 2.14. The number of halogens is 1. The first-order valence-corrected chi connectivity index (χ1v) is 7.30. The maximum Gasteiger partial charge on any atom is 0.313 e. The summed E-state index contributed by atoms with van der Waals surface area (Å²) in [7, 11) is 0. The highest BCUT2D eigenvalue weighted by atomic mass is 19.1. The van der Waals surface area contributed by atoms with Crippen LogP contribution in [0.15, 0.2) is 24.3 Å². The lowest BCUT2D eigenvalue weighted by atomic mass is 10.3. The summed E-state index contributed by atoms with van der Waals surface area (Å²) in [6.07, 6.45) is 0.773. The second-order valence-electron chi connectivity index (χ2n) is 5.02. The number of rotatable bonds is 5. The van der Waals surface area contributed by atoms with Crippen molar-refractivity contribution in [2.75, 3.05) is 44.7 Å². The number of anilines is 1. The molecule has 0 aliphatic carbocycles. The van der Waals surface area contributed by atoms with Crippen LogP contribution < -0.4 is 10.6 Å². The minimum absolute atomic E-state index is 0.384. The Kier molecular flexibility index (Phi) is 6.29. The van der Waals surface area contributed by atoms with Crippen LogP contribution in [0.3, 0.4) is 0 Å². The van der Waals surface area contributed by atoms with Crippen LogP contribution in [0, 0.1) is 5.82 Å². The standard InChI is InChI=1S/C15H20FN3O3/c16-12-2-4-13(5-3-12)18-15(21)14(20)17-6-1-7-19-8-10-22-11-9-19/h2-5H,1,6-11H2,(H,17,20)(H,18,21). The first-order chi connectivity index (χ1) is 10.6. The van der Waals surface area contributed by atoms with Crippen LogP contribution >= 0.6 is 0 Å². The van der Waals surface area contributed by atoms with E-state index >= 15 is 0 Å². The van der Waals surface area contributed by atoms with Gasteiger partial charge in [0.05, 0.1) is 13.2 Å². The zero-order valence-electron chi connectivity index (χ0n) is 12.3. The van der Waals surface area contributed by atoms with Gasteiger partial charge < -0.3 is 15.4 Å². The molecule has 22 heavy (non-hydrogen) atoms. The predicted molar refractivity (Wildman–Crippen MR) is 79.9 cm³/mol. The molecule has 1 saturated heterocycles. The number of amides is 2. The molecule has 0 bridgehead atoms. The number of nitrogens with one attached hydrogen (secondary N) is 2. The first kappa shape index (κ1) is 16.4. The molecular formula is C15H20FN3O3. The molecule has 0 atom stereocenters. The van der Waals surface area contributed by atoms with Gasteiger partial charge in [0.1, 0.15) is 5.82 Å². The molecule has 1 aromatic rings. The molecule has 1 heterocycles. The zero-order chi connectivity index (χ0) is 15.8. The van der Waals surface area contributed by atoms with Crippen LogP contribution in [0.2, 0.25) is 0 Å². The van der Waals surface area contributed by atoms with Crippen molar-refractivity contribution in [3.63, 3.8) is 0 Å². The molecule has 1 fully saturated rings. The van der Waals surface area contributed by atoms with Gasteiger partial charge in [-0.05, 0) is 37.2 Å². The van der Waals surface area contributed by atoms with Crippen molar-refractivity contribution in [3.8, 4) is 0 Å². The van der Waals surface area contributed by atoms with Gasteiger partial charge in [-0.2, -0.15) is 0 Å². The van der Waals surface area contributed by atoms with Gasteiger partial charge in [-0.1, -0.05) is 0 Å². The lowest BCUT2D eigenvalue weighted by Gasteiger charge is -2.26. The smallest absolute Gasteiger partial charge is 0.313 e. The van der Waals surface area contributed by atoms with E-state index in [9.17, 15) is 14.0 Å². The number of morpholine rings is 1. The van der Waals surface area contributed by atoms with E-state index in [0.29, 0.717) is 12.2 Å². The minimum Gasteiger partial charge on any atom is -0.379 e. The van der Waals surface area contributed by atoms with E-state index in [0.717, 1.165) is 39.3 Å². The lowest BCUT2D eigenvalue weighted by Crippen LogP contribution is -2.39. The third-order valence-corrected chi connectivity index (χ3v) is 3.35. The molecule has 7 heteroatoms. The fraction of sp³-hybridized carbons (Fsp3) is 0.467. The average Bonchev–Trinajstić information content (AvgIpc) is 2.54. The summed E-state index contributed by atoms with van der Waals surface area (Å²) in [5.41, 5.74) is 0.384. The summed E-state index contributed by atoms with van der Waals surface area (Å²) in [5.74, 6) is -1.84. The molecule has 0 saturated carbocycles. The van der Waals surface area contributed by atoms with Crippen molar-refractivity contribution < 1.29 is 18.7 Å². The Morgan fingerprint density at radius 2 is 1.82 bits per heavy atom. The van der Waals surface area contributed by atoms with E-state index < -0.39 is 17.6 Å². The fourth-order valence-electron chi connectivity index (χ4n) is 2.13. The second-order valence-corrected chi connectivity index (χ2v) is 5.02. The molecule has 2 N–H and O–H groups in total. The van der Waals surface area contributed by atoms with E-state index in [1.54, 1.807) is 0 Å². The molecule has 6 nitrogen and oxygen atoms in total. The first-order valence-electron chi connectivity index (χ1n) is 7.30. The van der Waals surface area contributed by atoms with Crippen LogP contribution in [0.4, 0.5) is 10.1 Å². The van der Waals surface area contributed by atoms with Crippen LogP contribution in [0.1, 0.15) is 6.42 Å². The van der Waals surface area contributed by atoms with Crippen LogP contribution in [0.5, 0.6) is 0 Å². The summed E-state index contributed by atoms with van der Waals surface area (Å²) >= 11 is 0. The zero-order valence-corrected chi connectivity index (χ0v) is 12.3. The molecule has 0 unspecified atom stereocenters. The topological polar surface area (TPSA) is 70.7 Å². The third kappa shape index (κ3) is 5.42. The second kappa shape index (κ2) is 8.45. The normalized spacial score (nSPS) is 15.3. The Morgan fingerprint density at radius 3 is 2.50 bits per heavy atom.